The highest BCUT2D eigenvalue weighted by Gasteiger charge is 2.54. The zero-order chi connectivity index (χ0) is 31.5. The van der Waals surface area contributed by atoms with Gasteiger partial charge < -0.3 is 28.9 Å². The predicted octanol–water partition coefficient (Wildman–Crippen LogP) is 3.15. The molecule has 0 amide bonds. The van der Waals surface area contributed by atoms with Crippen molar-refractivity contribution in [2.24, 2.45) is 0 Å². The summed E-state index contributed by atoms with van der Waals surface area (Å²) in [6.07, 6.45) is -1.44. The van der Waals surface area contributed by atoms with Gasteiger partial charge in [0.25, 0.3) is 5.92 Å². The van der Waals surface area contributed by atoms with Crippen molar-refractivity contribution >= 4 is 24.9 Å². The Hall–Kier alpha value is -3.27. The molecule has 6 atom stereocenters. The van der Waals surface area contributed by atoms with Gasteiger partial charge >= 0.3 is 13.7 Å². The average molecular weight is 642 g/mol. The highest BCUT2D eigenvalue weighted by atomic mass is 31.2. The van der Waals surface area contributed by atoms with Crippen molar-refractivity contribution in [2.75, 3.05) is 19.8 Å². The minimum absolute atomic E-state index is 0.0415. The molecule has 3 aromatic rings. The topological polar surface area (TPSA) is 176 Å². The highest BCUT2D eigenvalue weighted by Crippen LogP contribution is 2.47. The largest absolute Gasteiger partial charge is 0.470 e. The number of halogens is 2. The summed E-state index contributed by atoms with van der Waals surface area (Å²) in [6, 6.07) is 6.91. The number of para-hydroxylation sites is 1. The Kier molecular flexibility index (Phi) is 9.49. The number of imidazole rings is 1. The van der Waals surface area contributed by atoms with Gasteiger partial charge in [-0.15, -0.1) is 0 Å². The van der Waals surface area contributed by atoms with Gasteiger partial charge in [0.1, 0.15) is 35.9 Å². The van der Waals surface area contributed by atoms with Gasteiger partial charge in [0, 0.05) is 6.42 Å². The monoisotopic (exact) mass is 641 g/mol. The Bertz CT molecular complexity index is 1490. The molecule has 1 unspecified atom stereocenters. The zero-order valence-corrected chi connectivity index (χ0v) is 24.9. The minimum Gasteiger partial charge on any atom is -0.470 e. The molecule has 1 fully saturated rings. The van der Waals surface area contributed by atoms with E-state index < -0.39 is 69.4 Å². The van der Waals surface area contributed by atoms with Gasteiger partial charge in [0.2, 0.25) is 5.88 Å². The summed E-state index contributed by atoms with van der Waals surface area (Å²) < 4.78 is 72.2. The van der Waals surface area contributed by atoms with Crippen LogP contribution < -0.4 is 14.3 Å². The fraction of sp³-hybridized carbons (Fsp3) is 0.556. The number of nitrogens with one attached hydrogen (secondary N) is 1. The first-order chi connectivity index (χ1) is 20.9. The first-order valence-electron chi connectivity index (χ1n) is 14.1. The van der Waals surface area contributed by atoms with E-state index in [-0.39, 0.29) is 35.8 Å². The maximum Gasteiger partial charge on any atom is 0.459 e. The quantitative estimate of drug-likeness (QED) is 0.275. The maximum atomic E-state index is 14.6. The normalized spacial score (nSPS) is 32.3. The van der Waals surface area contributed by atoms with Crippen molar-refractivity contribution in [2.45, 2.75) is 75.5 Å². The minimum atomic E-state index is -4.32. The number of fused-ring (bicyclic) bond motifs is 3. The molecule has 17 heteroatoms. The fourth-order valence-corrected chi connectivity index (χ4v) is 6.37. The van der Waals surface area contributed by atoms with Crippen molar-refractivity contribution in [3.63, 3.8) is 0 Å². The first-order valence-corrected chi connectivity index (χ1v) is 15.6. The number of hydrogen-bond donors (Lipinski definition) is 3. The van der Waals surface area contributed by atoms with E-state index in [1.807, 2.05) is 0 Å². The van der Waals surface area contributed by atoms with Gasteiger partial charge in [0.15, 0.2) is 24.0 Å². The van der Waals surface area contributed by atoms with E-state index in [0.717, 1.165) is 6.33 Å². The van der Waals surface area contributed by atoms with E-state index in [4.69, 9.17) is 23.3 Å². The molecular formula is C27H34F2N5O9P. The molecule has 6 bridgehead atoms. The number of ether oxygens (including phenoxy) is 3. The van der Waals surface area contributed by atoms with Gasteiger partial charge in [-0.05, 0) is 45.2 Å². The van der Waals surface area contributed by atoms with E-state index in [1.165, 1.54) is 36.9 Å². The second-order valence-corrected chi connectivity index (χ2v) is 12.6. The van der Waals surface area contributed by atoms with Crippen LogP contribution >= 0.6 is 7.75 Å². The van der Waals surface area contributed by atoms with E-state index in [0.29, 0.717) is 12.8 Å². The first kappa shape index (κ1) is 32.1. The van der Waals surface area contributed by atoms with Gasteiger partial charge in [-0.2, -0.15) is 10.1 Å². The van der Waals surface area contributed by atoms with Crippen LogP contribution in [0.15, 0.2) is 43.0 Å². The number of esters is 1. The van der Waals surface area contributed by atoms with Crippen molar-refractivity contribution in [3.8, 4) is 11.6 Å². The van der Waals surface area contributed by atoms with Crippen LogP contribution in [-0.4, -0.2) is 85.3 Å². The molecule has 2 aromatic heterocycles. The number of aromatic nitrogens is 4. The summed E-state index contributed by atoms with van der Waals surface area (Å²) in [4.78, 5) is 24.9. The Morgan fingerprint density at radius 2 is 1.91 bits per heavy atom. The lowest BCUT2D eigenvalue weighted by atomic mass is 9.96. The van der Waals surface area contributed by atoms with Crippen LogP contribution in [0.2, 0.25) is 0 Å². The lowest BCUT2D eigenvalue weighted by molar-refractivity contribution is -0.145. The summed E-state index contributed by atoms with van der Waals surface area (Å²) in [5.41, 5.74) is -1.82. The molecule has 1 aromatic carbocycles. The second-order valence-electron chi connectivity index (χ2n) is 10.9. The van der Waals surface area contributed by atoms with E-state index in [2.05, 4.69) is 20.0 Å². The van der Waals surface area contributed by atoms with E-state index in [1.54, 1.807) is 18.2 Å². The summed E-state index contributed by atoms with van der Waals surface area (Å²) in [7, 11) is -4.32. The molecule has 2 aliphatic rings. The van der Waals surface area contributed by atoms with Crippen LogP contribution in [0.4, 0.5) is 8.78 Å². The molecular weight excluding hydrogens is 607 g/mol. The van der Waals surface area contributed by atoms with E-state index in [9.17, 15) is 28.4 Å². The van der Waals surface area contributed by atoms with Crippen molar-refractivity contribution < 1.29 is 51.6 Å². The third-order valence-corrected chi connectivity index (χ3v) is 8.91. The molecule has 3 N–H and O–H groups in total. The molecule has 2 aliphatic heterocycles. The van der Waals surface area contributed by atoms with Crippen molar-refractivity contribution in [3.05, 3.63) is 43.0 Å². The van der Waals surface area contributed by atoms with Crippen molar-refractivity contribution in [1.82, 2.24) is 24.6 Å². The molecule has 0 radical (unpaired) electrons. The molecule has 0 saturated carbocycles. The highest BCUT2D eigenvalue weighted by molar-refractivity contribution is 7.52. The molecule has 0 spiro atoms. The number of cyclic esters (lactones) is 1. The average Bonchev–Trinajstić information content (AvgIpc) is 3.50. The number of rotatable bonds is 2. The molecule has 44 heavy (non-hydrogen) atoms. The summed E-state index contributed by atoms with van der Waals surface area (Å²) in [5, 5.41) is 24.8. The number of benzene rings is 1. The smallest absolute Gasteiger partial charge is 0.459 e. The third kappa shape index (κ3) is 7.16. The number of carbonyl (C=O) groups is 1. The third-order valence-electron chi connectivity index (χ3n) is 7.27. The fourth-order valence-electron chi connectivity index (χ4n) is 4.86. The number of carbonyl (C=O) groups excluding carboxylic acids is 1. The molecule has 0 aliphatic carbocycles. The molecule has 14 nitrogen and oxygen atoms in total. The maximum absolute atomic E-state index is 14.6. The Labute approximate surface area is 251 Å². The number of alkyl halides is 2. The number of hydrogen-bond acceptors (Lipinski definition) is 12. The lowest BCUT2D eigenvalue weighted by Crippen LogP contribution is -2.44. The summed E-state index contributed by atoms with van der Waals surface area (Å²) in [6.45, 7) is 1.17. The summed E-state index contributed by atoms with van der Waals surface area (Å²) >= 11 is 0. The molecule has 240 valence electrons. The van der Waals surface area contributed by atoms with Crippen LogP contribution in [0, 0.1) is 0 Å². The van der Waals surface area contributed by atoms with Gasteiger partial charge in [-0.25, -0.2) is 23.3 Å². The SMILES string of the molecule is C[C@H]1NP(=O)(Oc2ccccc2)OC[C@H]2O[C@@H](n3cnc4c(ncnc43)OCC(F)(F)CCCCCOC1=O)[C@](C)(O)[C@@H]2O. The Morgan fingerprint density at radius 1 is 1.14 bits per heavy atom. The van der Waals surface area contributed by atoms with Crippen LogP contribution in [0.1, 0.15) is 45.8 Å². The molecule has 4 heterocycles. The van der Waals surface area contributed by atoms with Crippen molar-refractivity contribution in [1.29, 1.82) is 0 Å². The number of aliphatic hydroxyl groups excluding tert-OH is 1. The van der Waals surface area contributed by atoms with Crippen LogP contribution in [0.5, 0.6) is 11.6 Å². The number of aliphatic hydroxyl groups is 2. The van der Waals surface area contributed by atoms with E-state index >= 15 is 0 Å². The van der Waals surface area contributed by atoms with Crippen LogP contribution in [0.3, 0.4) is 0 Å². The summed E-state index contributed by atoms with van der Waals surface area (Å²) in [5.74, 6) is -3.97. The number of nitrogens with zero attached hydrogens (tertiary/aromatic N) is 4. The van der Waals surface area contributed by atoms with Gasteiger partial charge in [-0.1, -0.05) is 18.2 Å². The molecule has 1 saturated heterocycles. The Balaban J connectivity index is 1.44. The predicted molar refractivity (Wildman–Crippen MR) is 149 cm³/mol. The Morgan fingerprint density at radius 3 is 2.68 bits per heavy atom. The second kappa shape index (κ2) is 13.0. The van der Waals surface area contributed by atoms with Gasteiger partial charge in [0.05, 0.1) is 19.5 Å². The van der Waals surface area contributed by atoms with Gasteiger partial charge in [-0.3, -0.25) is 13.9 Å². The lowest BCUT2D eigenvalue weighted by Gasteiger charge is -2.27. The zero-order valence-electron chi connectivity index (χ0n) is 24.0. The standard InChI is InChI=1S/C27H34F2N5O9P/c1-17-24(36)39-12-8-4-7-11-27(28,29)14-40-23-20-22(30-15-31-23)34(16-32-20)25-26(2,37)21(35)19(42-25)13-41-44(38,33-17)43-18-9-5-3-6-10-18/h3,5-6,9-10,15-17,19,21,25,35,37H,4,7-8,11-14H2,1-2H3,(H,33,38)/t17-,19-,21-,25-,26-,44?/m1/s1. The van der Waals surface area contributed by atoms with Crippen LogP contribution in [-0.2, 0) is 23.4 Å². The molecule has 5 rings (SSSR count). The van der Waals surface area contributed by atoms with Crippen LogP contribution in [0.25, 0.3) is 11.2 Å².